The molecule has 1 N–H and O–H groups in total. The van der Waals surface area contributed by atoms with E-state index < -0.39 is 5.97 Å². The highest BCUT2D eigenvalue weighted by atomic mass is 32.2. The molecule has 0 unspecified atom stereocenters. The van der Waals surface area contributed by atoms with Crippen LogP contribution in [0.2, 0.25) is 0 Å². The number of carboxylic acids is 1. The van der Waals surface area contributed by atoms with Crippen LogP contribution in [0.3, 0.4) is 0 Å². The molecule has 0 fully saturated rings. The highest BCUT2D eigenvalue weighted by Gasteiger charge is 2.08. The van der Waals surface area contributed by atoms with Crippen molar-refractivity contribution < 1.29 is 14.6 Å². The summed E-state index contributed by atoms with van der Waals surface area (Å²) < 4.78 is 5.14. The molecule has 2 rings (SSSR count). The van der Waals surface area contributed by atoms with Crippen LogP contribution in [0.1, 0.15) is 10.4 Å². The maximum atomic E-state index is 11.1. The Bertz CT molecular complexity index is 591. The van der Waals surface area contributed by atoms with Gasteiger partial charge in [-0.05, 0) is 47.7 Å². The molecule has 0 heterocycles. The normalized spacial score (nSPS) is 10.2. The van der Waals surface area contributed by atoms with Crippen molar-refractivity contribution in [1.82, 2.24) is 0 Å². The fraction of sp³-hybridized carbons (Fsp3) is 0.133. The Balaban J connectivity index is 2.47. The summed E-state index contributed by atoms with van der Waals surface area (Å²) in [6.45, 7) is 0. The van der Waals surface area contributed by atoms with Crippen LogP contribution in [0.5, 0.6) is 5.75 Å². The van der Waals surface area contributed by atoms with E-state index in [0.717, 1.165) is 11.1 Å². The summed E-state index contributed by atoms with van der Waals surface area (Å²) in [5.74, 6) is -0.412. The van der Waals surface area contributed by atoms with Crippen LogP contribution in [-0.2, 0) is 0 Å². The minimum absolute atomic E-state index is 0.225. The third-order valence-electron chi connectivity index (χ3n) is 2.81. The van der Waals surface area contributed by atoms with E-state index in [2.05, 4.69) is 0 Å². The number of carboxylic acid groups (broad SMARTS) is 1. The summed E-state index contributed by atoms with van der Waals surface area (Å²) in [6.07, 6.45) is 2.02. The van der Waals surface area contributed by atoms with Crippen LogP contribution in [0.15, 0.2) is 47.4 Å². The molecule has 0 saturated heterocycles. The average Bonchev–Trinajstić information content (AvgIpc) is 2.46. The lowest BCUT2D eigenvalue weighted by Gasteiger charge is -2.08. The standard InChI is InChI=1S/C15H14O3S/c1-18-13-8-11(7-12(9-13)15(16)17)10-3-5-14(19-2)6-4-10/h3-9H,1-2H3,(H,16,17). The Kier molecular flexibility index (Phi) is 4.12. The van der Waals surface area contributed by atoms with Crippen LogP contribution >= 0.6 is 11.8 Å². The second-order valence-electron chi connectivity index (χ2n) is 3.98. The minimum atomic E-state index is -0.958. The van der Waals surface area contributed by atoms with E-state index in [1.54, 1.807) is 17.8 Å². The molecule has 19 heavy (non-hydrogen) atoms. The largest absolute Gasteiger partial charge is 0.497 e. The Hall–Kier alpha value is -1.94. The lowest BCUT2D eigenvalue weighted by molar-refractivity contribution is 0.0696. The number of benzene rings is 2. The van der Waals surface area contributed by atoms with Gasteiger partial charge in [0.1, 0.15) is 5.75 Å². The highest BCUT2D eigenvalue weighted by molar-refractivity contribution is 7.98. The molecule has 0 aliphatic heterocycles. The topological polar surface area (TPSA) is 46.5 Å². The first-order chi connectivity index (χ1) is 9.13. The Morgan fingerprint density at radius 1 is 1.11 bits per heavy atom. The molecule has 3 nitrogen and oxygen atoms in total. The van der Waals surface area contributed by atoms with Crippen molar-refractivity contribution >= 4 is 17.7 Å². The van der Waals surface area contributed by atoms with Crippen molar-refractivity contribution in [2.75, 3.05) is 13.4 Å². The molecule has 0 bridgehead atoms. The van der Waals surface area contributed by atoms with E-state index >= 15 is 0 Å². The number of methoxy groups -OCH3 is 1. The van der Waals surface area contributed by atoms with Crippen LogP contribution < -0.4 is 4.74 Å². The fourth-order valence-electron chi connectivity index (χ4n) is 1.79. The second kappa shape index (κ2) is 5.80. The van der Waals surface area contributed by atoms with Gasteiger partial charge in [0, 0.05) is 4.90 Å². The maximum Gasteiger partial charge on any atom is 0.335 e. The Morgan fingerprint density at radius 3 is 2.32 bits per heavy atom. The van der Waals surface area contributed by atoms with E-state index in [1.807, 2.05) is 36.6 Å². The van der Waals surface area contributed by atoms with Crippen LogP contribution in [0.4, 0.5) is 0 Å². The van der Waals surface area contributed by atoms with E-state index in [0.29, 0.717) is 5.75 Å². The van der Waals surface area contributed by atoms with Crippen molar-refractivity contribution in [3.63, 3.8) is 0 Å². The summed E-state index contributed by atoms with van der Waals surface area (Å²) >= 11 is 1.67. The van der Waals surface area contributed by atoms with Crippen LogP contribution in [0.25, 0.3) is 11.1 Å². The first-order valence-electron chi connectivity index (χ1n) is 5.71. The predicted octanol–water partition coefficient (Wildman–Crippen LogP) is 3.78. The highest BCUT2D eigenvalue weighted by Crippen LogP contribution is 2.27. The summed E-state index contributed by atoms with van der Waals surface area (Å²) in [7, 11) is 1.53. The van der Waals surface area contributed by atoms with Gasteiger partial charge in [-0.25, -0.2) is 4.79 Å². The molecule has 0 aliphatic rings. The zero-order valence-electron chi connectivity index (χ0n) is 10.7. The number of ether oxygens (including phenoxy) is 1. The lowest BCUT2D eigenvalue weighted by Crippen LogP contribution is -1.97. The molecular weight excluding hydrogens is 260 g/mol. The third-order valence-corrected chi connectivity index (χ3v) is 3.56. The Morgan fingerprint density at radius 2 is 1.79 bits per heavy atom. The van der Waals surface area contributed by atoms with E-state index in [4.69, 9.17) is 9.84 Å². The minimum Gasteiger partial charge on any atom is -0.497 e. The number of aromatic carboxylic acids is 1. The van der Waals surface area contributed by atoms with Crippen molar-refractivity contribution in [3.8, 4) is 16.9 Å². The predicted molar refractivity (Wildman–Crippen MR) is 77.2 cm³/mol. The van der Waals surface area contributed by atoms with Gasteiger partial charge in [-0.1, -0.05) is 12.1 Å². The van der Waals surface area contributed by atoms with Gasteiger partial charge in [-0.2, -0.15) is 0 Å². The number of hydrogen-bond donors (Lipinski definition) is 1. The molecule has 0 spiro atoms. The summed E-state index contributed by atoms with van der Waals surface area (Å²) in [5.41, 5.74) is 2.03. The zero-order valence-corrected chi connectivity index (χ0v) is 11.5. The molecule has 4 heteroatoms. The molecule has 2 aromatic rings. The third kappa shape index (κ3) is 3.09. The summed E-state index contributed by atoms with van der Waals surface area (Å²) in [4.78, 5) is 12.3. The average molecular weight is 274 g/mol. The van der Waals surface area contributed by atoms with Gasteiger partial charge in [-0.3, -0.25) is 0 Å². The van der Waals surface area contributed by atoms with Gasteiger partial charge in [-0.15, -0.1) is 11.8 Å². The van der Waals surface area contributed by atoms with Crippen molar-refractivity contribution in [2.24, 2.45) is 0 Å². The van der Waals surface area contributed by atoms with Gasteiger partial charge < -0.3 is 9.84 Å². The summed E-state index contributed by atoms with van der Waals surface area (Å²) in [5, 5.41) is 9.10. The fourth-order valence-corrected chi connectivity index (χ4v) is 2.20. The molecule has 2 aromatic carbocycles. The first-order valence-corrected chi connectivity index (χ1v) is 6.93. The molecular formula is C15H14O3S. The van der Waals surface area contributed by atoms with Crippen molar-refractivity contribution in [3.05, 3.63) is 48.0 Å². The first kappa shape index (κ1) is 13.5. The lowest BCUT2D eigenvalue weighted by atomic mass is 10.0. The molecule has 0 saturated carbocycles. The molecule has 0 aliphatic carbocycles. The quantitative estimate of drug-likeness (QED) is 0.862. The van der Waals surface area contributed by atoms with Gasteiger partial charge in [0.05, 0.1) is 12.7 Å². The second-order valence-corrected chi connectivity index (χ2v) is 4.86. The molecule has 0 aromatic heterocycles. The van der Waals surface area contributed by atoms with Gasteiger partial charge in [0.25, 0.3) is 0 Å². The van der Waals surface area contributed by atoms with Crippen LogP contribution in [-0.4, -0.2) is 24.4 Å². The molecule has 0 radical (unpaired) electrons. The number of thioether (sulfide) groups is 1. The number of rotatable bonds is 4. The Labute approximate surface area is 116 Å². The number of carbonyl (C=O) groups is 1. The zero-order chi connectivity index (χ0) is 13.8. The van der Waals surface area contributed by atoms with Gasteiger partial charge in [0.2, 0.25) is 0 Å². The molecule has 98 valence electrons. The molecule has 0 amide bonds. The number of hydrogen-bond acceptors (Lipinski definition) is 3. The molecule has 0 atom stereocenters. The monoisotopic (exact) mass is 274 g/mol. The van der Waals surface area contributed by atoms with Crippen LogP contribution in [0, 0.1) is 0 Å². The van der Waals surface area contributed by atoms with E-state index in [-0.39, 0.29) is 5.56 Å². The van der Waals surface area contributed by atoms with E-state index in [1.165, 1.54) is 18.1 Å². The van der Waals surface area contributed by atoms with Gasteiger partial charge >= 0.3 is 5.97 Å². The summed E-state index contributed by atoms with van der Waals surface area (Å²) in [6, 6.07) is 13.0. The van der Waals surface area contributed by atoms with Gasteiger partial charge in [0.15, 0.2) is 0 Å². The van der Waals surface area contributed by atoms with Crippen molar-refractivity contribution in [2.45, 2.75) is 4.90 Å². The maximum absolute atomic E-state index is 11.1. The van der Waals surface area contributed by atoms with E-state index in [9.17, 15) is 4.79 Å². The smallest absolute Gasteiger partial charge is 0.335 e. The van der Waals surface area contributed by atoms with Crippen molar-refractivity contribution in [1.29, 1.82) is 0 Å². The SMILES string of the molecule is COc1cc(C(=O)O)cc(-c2ccc(SC)cc2)c1.